The smallest absolute Gasteiger partial charge is 0.309 e. The number of hydrogen-bond donors (Lipinski definition) is 1. The molecule has 0 unspecified atom stereocenters. The quantitative estimate of drug-likeness (QED) is 0.247. The molecule has 1 rings (SSSR count). The number of methoxy groups -OCH3 is 1. The number of rotatable bonds is 5. The Morgan fingerprint density at radius 2 is 2.05 bits per heavy atom. The summed E-state index contributed by atoms with van der Waals surface area (Å²) in [4.78, 5) is 18.1. The average Bonchev–Trinajstić information content (AvgIpc) is 2.44. The van der Waals surface area contributed by atoms with E-state index in [4.69, 9.17) is 9.47 Å². The van der Waals surface area contributed by atoms with Crippen LogP contribution in [0.15, 0.2) is 4.99 Å². The number of aliphatic imine (C=N–C) groups is 1. The number of esters is 1. The molecule has 20 heavy (non-hydrogen) atoms. The van der Waals surface area contributed by atoms with E-state index < -0.39 is 0 Å². The van der Waals surface area contributed by atoms with Crippen molar-refractivity contribution in [3.05, 3.63) is 0 Å². The Hall–Kier alpha value is -0.570. The molecule has 0 radical (unpaired) electrons. The van der Waals surface area contributed by atoms with E-state index in [9.17, 15) is 4.79 Å². The van der Waals surface area contributed by atoms with Crippen molar-refractivity contribution in [2.45, 2.75) is 19.8 Å². The standard InChI is InChI=1S/C13H25N3O3.HI/c1-4-19-12(17)11-5-8-16(9-6-11)13(14-2)15-7-10-18-3;/h11H,4-10H2,1-3H3,(H,14,15);1H. The highest BCUT2D eigenvalue weighted by atomic mass is 127. The van der Waals surface area contributed by atoms with E-state index in [0.717, 1.165) is 38.4 Å². The third-order valence-electron chi connectivity index (χ3n) is 3.22. The number of halogens is 1. The maximum absolute atomic E-state index is 11.7. The molecule has 1 heterocycles. The van der Waals surface area contributed by atoms with Crippen molar-refractivity contribution >= 4 is 35.9 Å². The normalized spacial score (nSPS) is 16.6. The highest BCUT2D eigenvalue weighted by molar-refractivity contribution is 14.0. The van der Waals surface area contributed by atoms with Gasteiger partial charge in [-0.1, -0.05) is 0 Å². The topological polar surface area (TPSA) is 63.2 Å². The molecular formula is C13H26IN3O3. The van der Waals surface area contributed by atoms with Crippen LogP contribution in [-0.4, -0.2) is 63.8 Å². The SMILES string of the molecule is CCOC(=O)C1CCN(C(=NC)NCCOC)CC1.I. The van der Waals surface area contributed by atoms with Crippen LogP contribution in [0.25, 0.3) is 0 Å². The number of hydrogen-bond acceptors (Lipinski definition) is 4. The van der Waals surface area contributed by atoms with E-state index in [-0.39, 0.29) is 35.9 Å². The summed E-state index contributed by atoms with van der Waals surface area (Å²) >= 11 is 0. The highest BCUT2D eigenvalue weighted by Gasteiger charge is 2.27. The van der Waals surface area contributed by atoms with Crippen molar-refractivity contribution in [3.8, 4) is 0 Å². The minimum absolute atomic E-state index is 0. The molecule has 0 saturated carbocycles. The number of likely N-dealkylation sites (tertiary alicyclic amines) is 1. The second-order valence-corrected chi connectivity index (χ2v) is 4.48. The summed E-state index contributed by atoms with van der Waals surface area (Å²) in [5, 5.41) is 3.24. The minimum Gasteiger partial charge on any atom is -0.466 e. The Morgan fingerprint density at radius 3 is 2.55 bits per heavy atom. The van der Waals surface area contributed by atoms with Crippen LogP contribution in [-0.2, 0) is 14.3 Å². The van der Waals surface area contributed by atoms with Crippen molar-refractivity contribution in [1.82, 2.24) is 10.2 Å². The van der Waals surface area contributed by atoms with Gasteiger partial charge >= 0.3 is 5.97 Å². The number of carbonyl (C=O) groups excluding carboxylic acids is 1. The summed E-state index contributed by atoms with van der Waals surface area (Å²) in [6.07, 6.45) is 1.65. The van der Waals surface area contributed by atoms with E-state index in [2.05, 4.69) is 15.2 Å². The lowest BCUT2D eigenvalue weighted by Gasteiger charge is -2.33. The zero-order valence-electron chi connectivity index (χ0n) is 12.6. The first kappa shape index (κ1) is 19.4. The largest absolute Gasteiger partial charge is 0.466 e. The van der Waals surface area contributed by atoms with Crippen LogP contribution in [0.1, 0.15) is 19.8 Å². The zero-order chi connectivity index (χ0) is 14.1. The fourth-order valence-electron chi connectivity index (χ4n) is 2.18. The Balaban J connectivity index is 0.00000361. The summed E-state index contributed by atoms with van der Waals surface area (Å²) in [6.45, 7) is 5.35. The van der Waals surface area contributed by atoms with Gasteiger partial charge in [-0.25, -0.2) is 0 Å². The first-order valence-corrected chi connectivity index (χ1v) is 6.84. The Bertz CT molecular complexity index is 305. The number of carbonyl (C=O) groups is 1. The minimum atomic E-state index is -0.0653. The van der Waals surface area contributed by atoms with Crippen LogP contribution in [0.2, 0.25) is 0 Å². The molecule has 0 aliphatic carbocycles. The van der Waals surface area contributed by atoms with E-state index in [0.29, 0.717) is 13.2 Å². The van der Waals surface area contributed by atoms with Crippen LogP contribution in [0.5, 0.6) is 0 Å². The second-order valence-electron chi connectivity index (χ2n) is 4.48. The molecule has 1 aliphatic heterocycles. The molecule has 1 N–H and O–H groups in total. The Kier molecular flexibility index (Phi) is 10.8. The van der Waals surface area contributed by atoms with Crippen LogP contribution >= 0.6 is 24.0 Å². The van der Waals surface area contributed by atoms with Gasteiger partial charge in [0.25, 0.3) is 0 Å². The molecule has 7 heteroatoms. The number of nitrogens with one attached hydrogen (secondary N) is 1. The lowest BCUT2D eigenvalue weighted by Crippen LogP contribution is -2.47. The van der Waals surface area contributed by atoms with Gasteiger partial charge < -0.3 is 19.7 Å². The molecular weight excluding hydrogens is 373 g/mol. The molecule has 1 saturated heterocycles. The number of piperidine rings is 1. The fourth-order valence-corrected chi connectivity index (χ4v) is 2.18. The summed E-state index contributed by atoms with van der Waals surface area (Å²) in [5.41, 5.74) is 0. The van der Waals surface area contributed by atoms with Gasteiger partial charge in [0.15, 0.2) is 5.96 Å². The van der Waals surface area contributed by atoms with Crippen molar-refractivity contribution in [2.24, 2.45) is 10.9 Å². The van der Waals surface area contributed by atoms with Crippen molar-refractivity contribution < 1.29 is 14.3 Å². The molecule has 0 aromatic carbocycles. The summed E-state index contributed by atoms with van der Waals surface area (Å²) in [6, 6.07) is 0. The molecule has 118 valence electrons. The second kappa shape index (κ2) is 11.1. The van der Waals surface area contributed by atoms with Gasteiger partial charge in [-0.05, 0) is 19.8 Å². The third-order valence-corrected chi connectivity index (χ3v) is 3.22. The lowest BCUT2D eigenvalue weighted by molar-refractivity contribution is -0.149. The summed E-state index contributed by atoms with van der Waals surface area (Å²) < 4.78 is 10.1. The monoisotopic (exact) mass is 399 g/mol. The van der Waals surface area contributed by atoms with Crippen LogP contribution in [0, 0.1) is 5.92 Å². The number of guanidine groups is 1. The molecule has 0 aromatic heterocycles. The van der Waals surface area contributed by atoms with Gasteiger partial charge in [-0.3, -0.25) is 9.79 Å². The van der Waals surface area contributed by atoms with Crippen LogP contribution in [0.3, 0.4) is 0 Å². The predicted octanol–water partition coefficient (Wildman–Crippen LogP) is 1.10. The molecule has 1 fully saturated rings. The zero-order valence-corrected chi connectivity index (χ0v) is 14.9. The van der Waals surface area contributed by atoms with Gasteiger partial charge in [0.05, 0.1) is 19.1 Å². The van der Waals surface area contributed by atoms with Crippen molar-refractivity contribution in [1.29, 1.82) is 0 Å². The number of ether oxygens (including phenoxy) is 2. The van der Waals surface area contributed by atoms with E-state index in [1.165, 1.54) is 0 Å². The molecule has 0 bridgehead atoms. The molecule has 0 amide bonds. The van der Waals surface area contributed by atoms with Crippen LogP contribution < -0.4 is 5.32 Å². The lowest BCUT2D eigenvalue weighted by atomic mass is 9.97. The van der Waals surface area contributed by atoms with Gasteiger partial charge in [-0.2, -0.15) is 0 Å². The van der Waals surface area contributed by atoms with E-state index in [1.807, 2.05) is 6.92 Å². The van der Waals surface area contributed by atoms with Crippen molar-refractivity contribution in [3.63, 3.8) is 0 Å². The Labute approximate surface area is 138 Å². The van der Waals surface area contributed by atoms with E-state index in [1.54, 1.807) is 14.2 Å². The summed E-state index contributed by atoms with van der Waals surface area (Å²) in [7, 11) is 3.45. The first-order valence-electron chi connectivity index (χ1n) is 6.84. The molecule has 0 aromatic rings. The third kappa shape index (κ3) is 6.25. The molecule has 1 aliphatic rings. The Morgan fingerprint density at radius 1 is 1.40 bits per heavy atom. The van der Waals surface area contributed by atoms with Gasteiger partial charge in [0.1, 0.15) is 0 Å². The van der Waals surface area contributed by atoms with Gasteiger partial charge in [0, 0.05) is 33.8 Å². The van der Waals surface area contributed by atoms with E-state index >= 15 is 0 Å². The fraction of sp³-hybridized carbons (Fsp3) is 0.846. The number of nitrogens with zero attached hydrogens (tertiary/aromatic N) is 2. The maximum atomic E-state index is 11.7. The molecule has 0 spiro atoms. The maximum Gasteiger partial charge on any atom is 0.309 e. The first-order chi connectivity index (χ1) is 9.22. The average molecular weight is 399 g/mol. The van der Waals surface area contributed by atoms with Gasteiger partial charge in [-0.15, -0.1) is 24.0 Å². The van der Waals surface area contributed by atoms with Crippen molar-refractivity contribution in [2.75, 3.05) is 47.0 Å². The van der Waals surface area contributed by atoms with Gasteiger partial charge in [0.2, 0.25) is 0 Å². The highest BCUT2D eigenvalue weighted by Crippen LogP contribution is 2.18. The van der Waals surface area contributed by atoms with Crippen LogP contribution in [0.4, 0.5) is 0 Å². The molecule has 6 nitrogen and oxygen atoms in total. The predicted molar refractivity (Wildman–Crippen MR) is 89.6 cm³/mol. The summed E-state index contributed by atoms with van der Waals surface area (Å²) in [5.74, 6) is 0.845. The molecule has 0 atom stereocenters.